The van der Waals surface area contributed by atoms with Gasteiger partial charge in [0.2, 0.25) is 0 Å². The molecule has 0 radical (unpaired) electrons. The Morgan fingerprint density at radius 1 is 1.08 bits per heavy atom. The monoisotopic (exact) mass is 510 g/mol. The van der Waals surface area contributed by atoms with Crippen LogP contribution in [0.15, 0.2) is 53.9 Å². The number of benzene rings is 2. The Balaban J connectivity index is 1.30. The molecule has 4 aromatic rings. The summed E-state index contributed by atoms with van der Waals surface area (Å²) in [6, 6.07) is 16.0. The maximum absolute atomic E-state index is 13.2. The Morgan fingerprint density at radius 3 is 2.65 bits per heavy atom. The van der Waals surface area contributed by atoms with E-state index in [0.717, 1.165) is 50.0 Å². The van der Waals surface area contributed by atoms with E-state index in [0.29, 0.717) is 37.4 Å². The van der Waals surface area contributed by atoms with Crippen molar-refractivity contribution in [2.24, 2.45) is 0 Å². The number of carbonyl (C=O) groups is 2. The van der Waals surface area contributed by atoms with Gasteiger partial charge in [0.05, 0.1) is 30.0 Å². The number of hydrogen-bond acceptors (Lipinski definition) is 5. The van der Waals surface area contributed by atoms with Gasteiger partial charge in [-0.05, 0) is 31.6 Å². The van der Waals surface area contributed by atoms with E-state index in [1.54, 1.807) is 11.3 Å². The van der Waals surface area contributed by atoms with Crippen LogP contribution in [-0.2, 0) is 9.53 Å². The number of aromatic nitrogens is 2. The molecular weight excluding hydrogens is 484 g/mol. The second-order valence-corrected chi connectivity index (χ2v) is 10.1. The number of rotatable bonds is 4. The molecule has 0 unspecified atom stereocenters. The third-order valence-electron chi connectivity index (χ3n) is 6.90. The van der Waals surface area contributed by atoms with Crippen molar-refractivity contribution in [3.63, 3.8) is 0 Å². The van der Waals surface area contributed by atoms with Gasteiger partial charge in [-0.25, -0.2) is 4.98 Å². The first-order valence-electron chi connectivity index (χ1n) is 12.2. The molecule has 0 bridgehead atoms. The number of nitrogens with zero attached hydrogens (tertiary/aromatic N) is 2. The first-order valence-corrected chi connectivity index (χ1v) is 13.1. The van der Waals surface area contributed by atoms with Crippen LogP contribution in [0.3, 0.4) is 0 Å². The number of aryl methyl sites for hydroxylation is 1. The predicted molar refractivity (Wildman–Crippen MR) is 146 cm³/mol. The summed E-state index contributed by atoms with van der Waals surface area (Å²) in [5.74, 6) is -0.165. The van der Waals surface area contributed by atoms with Gasteiger partial charge in [0.1, 0.15) is 5.01 Å². The highest BCUT2D eigenvalue weighted by Crippen LogP contribution is 2.38. The third-order valence-corrected chi connectivity index (χ3v) is 7.79. The minimum atomic E-state index is -0.164. The van der Waals surface area contributed by atoms with Crippen LogP contribution in [0.1, 0.15) is 32.9 Å². The largest absolute Gasteiger partial charge is 0.378 e. The summed E-state index contributed by atoms with van der Waals surface area (Å²) < 4.78 is 5.38. The van der Waals surface area contributed by atoms with Crippen LogP contribution in [0.2, 0.25) is 0 Å². The molecular formula is C29H26N4O3S. The second kappa shape index (κ2) is 9.46. The molecule has 37 heavy (non-hydrogen) atoms. The summed E-state index contributed by atoms with van der Waals surface area (Å²) in [6.07, 6.45) is 1.84. The van der Waals surface area contributed by atoms with E-state index in [1.807, 2.05) is 78.7 Å². The molecule has 4 heterocycles. The zero-order valence-corrected chi connectivity index (χ0v) is 21.4. The van der Waals surface area contributed by atoms with Crippen molar-refractivity contribution in [3.05, 3.63) is 82.0 Å². The highest BCUT2D eigenvalue weighted by molar-refractivity contribution is 7.13. The molecule has 2 aromatic carbocycles. The standard InChI is InChI=1S/C29H26N4O3S/c1-17-23(30-18(2)26(17)29(35)33-10-12-36-13-11-33)15-22-21-9-8-20(14-24(21)31-27(22)34)25-16-37-28(32-25)19-6-4-3-5-7-19/h3-9,14-16,30H,10-13H2,1-2H3,(H,31,34)/b22-15-. The Hall–Kier alpha value is -4.01. The van der Waals surface area contributed by atoms with Crippen molar-refractivity contribution in [2.45, 2.75) is 13.8 Å². The van der Waals surface area contributed by atoms with Gasteiger partial charge in [-0.2, -0.15) is 0 Å². The van der Waals surface area contributed by atoms with Crippen LogP contribution < -0.4 is 5.32 Å². The van der Waals surface area contributed by atoms with E-state index < -0.39 is 0 Å². The summed E-state index contributed by atoms with van der Waals surface area (Å²) in [5, 5.41) is 5.99. The first kappa shape index (κ1) is 23.4. The minimum Gasteiger partial charge on any atom is -0.378 e. The number of carbonyl (C=O) groups excluding carboxylic acids is 2. The molecule has 0 aliphatic carbocycles. The van der Waals surface area contributed by atoms with Gasteiger partial charge >= 0.3 is 0 Å². The molecule has 2 aromatic heterocycles. The van der Waals surface area contributed by atoms with Crippen molar-refractivity contribution >= 4 is 40.5 Å². The van der Waals surface area contributed by atoms with Crippen LogP contribution in [0.25, 0.3) is 33.5 Å². The summed E-state index contributed by atoms with van der Waals surface area (Å²) >= 11 is 1.60. The Labute approximate surface area is 218 Å². The molecule has 2 amide bonds. The number of aromatic amines is 1. The molecule has 0 spiro atoms. The molecule has 8 heteroatoms. The predicted octanol–water partition coefficient (Wildman–Crippen LogP) is 5.39. The molecule has 7 nitrogen and oxygen atoms in total. The molecule has 2 N–H and O–H groups in total. The van der Waals surface area contributed by atoms with Gasteiger partial charge in [0.25, 0.3) is 11.8 Å². The Morgan fingerprint density at radius 2 is 1.86 bits per heavy atom. The van der Waals surface area contributed by atoms with E-state index in [4.69, 9.17) is 9.72 Å². The fourth-order valence-electron chi connectivity index (χ4n) is 4.92. The number of amides is 2. The van der Waals surface area contributed by atoms with Crippen molar-refractivity contribution in [2.75, 3.05) is 31.6 Å². The van der Waals surface area contributed by atoms with Gasteiger partial charge in [-0.3, -0.25) is 9.59 Å². The number of fused-ring (bicyclic) bond motifs is 1. The van der Waals surface area contributed by atoms with E-state index in [1.165, 1.54) is 0 Å². The van der Waals surface area contributed by atoms with E-state index in [9.17, 15) is 9.59 Å². The van der Waals surface area contributed by atoms with Crippen LogP contribution in [0.5, 0.6) is 0 Å². The van der Waals surface area contributed by atoms with Crippen LogP contribution in [-0.4, -0.2) is 53.0 Å². The SMILES string of the molecule is Cc1[nH]c(/C=C2\C(=O)Nc3cc(-c4csc(-c5ccccc5)n4)ccc32)c(C)c1C(=O)N1CCOCC1. The Bertz CT molecular complexity index is 1540. The highest BCUT2D eigenvalue weighted by Gasteiger charge is 2.28. The van der Waals surface area contributed by atoms with Crippen molar-refractivity contribution < 1.29 is 14.3 Å². The maximum atomic E-state index is 13.2. The van der Waals surface area contributed by atoms with Crippen LogP contribution >= 0.6 is 11.3 Å². The molecule has 0 saturated carbocycles. The minimum absolute atomic E-state index is 0.00162. The highest BCUT2D eigenvalue weighted by atomic mass is 32.1. The van der Waals surface area contributed by atoms with Crippen LogP contribution in [0, 0.1) is 13.8 Å². The summed E-state index contributed by atoms with van der Waals surface area (Å²) in [7, 11) is 0. The lowest BCUT2D eigenvalue weighted by molar-refractivity contribution is -0.110. The fraction of sp³-hybridized carbons (Fsp3) is 0.207. The van der Waals surface area contributed by atoms with Gasteiger partial charge in [-0.15, -0.1) is 11.3 Å². The van der Waals surface area contributed by atoms with E-state index in [-0.39, 0.29) is 11.8 Å². The first-order chi connectivity index (χ1) is 18.0. The van der Waals surface area contributed by atoms with Gasteiger partial charge in [0, 0.05) is 52.2 Å². The van der Waals surface area contributed by atoms with Gasteiger partial charge in [0.15, 0.2) is 0 Å². The average molecular weight is 511 g/mol. The number of hydrogen-bond donors (Lipinski definition) is 2. The quantitative estimate of drug-likeness (QED) is 0.361. The van der Waals surface area contributed by atoms with Gasteiger partial charge < -0.3 is 19.9 Å². The lowest BCUT2D eigenvalue weighted by Gasteiger charge is -2.27. The third kappa shape index (κ3) is 4.28. The number of ether oxygens (including phenoxy) is 1. The van der Waals surface area contributed by atoms with Gasteiger partial charge in [-0.1, -0.05) is 42.5 Å². The Kier molecular flexibility index (Phi) is 5.98. The van der Waals surface area contributed by atoms with Crippen molar-refractivity contribution in [3.8, 4) is 21.8 Å². The molecule has 1 saturated heterocycles. The lowest BCUT2D eigenvalue weighted by Crippen LogP contribution is -2.41. The summed E-state index contributed by atoms with van der Waals surface area (Å²) in [4.78, 5) is 36.1. The number of nitrogens with one attached hydrogen (secondary N) is 2. The molecule has 2 aliphatic heterocycles. The number of H-pyrrole nitrogens is 1. The smallest absolute Gasteiger partial charge is 0.256 e. The fourth-order valence-corrected chi connectivity index (χ4v) is 5.76. The average Bonchev–Trinajstić information content (AvgIpc) is 3.61. The molecule has 186 valence electrons. The van der Waals surface area contributed by atoms with Crippen molar-refractivity contribution in [1.29, 1.82) is 0 Å². The summed E-state index contributed by atoms with van der Waals surface area (Å²) in [6.45, 7) is 6.10. The maximum Gasteiger partial charge on any atom is 0.256 e. The molecule has 0 atom stereocenters. The van der Waals surface area contributed by atoms with E-state index >= 15 is 0 Å². The lowest BCUT2D eigenvalue weighted by atomic mass is 10.0. The zero-order valence-electron chi connectivity index (χ0n) is 20.6. The number of morpholine rings is 1. The topological polar surface area (TPSA) is 87.3 Å². The normalized spacial score (nSPS) is 16.2. The van der Waals surface area contributed by atoms with Crippen LogP contribution in [0.4, 0.5) is 5.69 Å². The molecule has 6 rings (SSSR count). The van der Waals surface area contributed by atoms with Crippen molar-refractivity contribution in [1.82, 2.24) is 14.9 Å². The summed E-state index contributed by atoms with van der Waals surface area (Å²) in [5.41, 5.74) is 8.14. The number of thiazole rings is 1. The zero-order chi connectivity index (χ0) is 25.5. The number of anilines is 1. The van der Waals surface area contributed by atoms with E-state index in [2.05, 4.69) is 10.3 Å². The second-order valence-electron chi connectivity index (χ2n) is 9.24. The molecule has 1 fully saturated rings. The molecule has 2 aliphatic rings.